The van der Waals surface area contributed by atoms with Gasteiger partial charge in [0.2, 0.25) is 0 Å². The van der Waals surface area contributed by atoms with E-state index < -0.39 is 0 Å². The van der Waals surface area contributed by atoms with Gasteiger partial charge in [0.15, 0.2) is 0 Å². The van der Waals surface area contributed by atoms with Gasteiger partial charge >= 0.3 is 0 Å². The lowest BCUT2D eigenvalue weighted by atomic mass is 9.80. The molecule has 0 aromatic heterocycles. The van der Waals surface area contributed by atoms with Crippen molar-refractivity contribution in [3.63, 3.8) is 0 Å². The van der Waals surface area contributed by atoms with Gasteiger partial charge < -0.3 is 10.2 Å². The predicted molar refractivity (Wildman–Crippen MR) is 74.3 cm³/mol. The fraction of sp³-hybridized carbons (Fsp3) is 1.00. The monoisotopic (exact) mass is 238 g/mol. The molecule has 17 heavy (non-hydrogen) atoms. The Morgan fingerprint density at radius 3 is 2.71 bits per heavy atom. The second-order valence-corrected chi connectivity index (χ2v) is 6.92. The first kappa shape index (κ1) is 13.4. The van der Waals surface area contributed by atoms with Crippen molar-refractivity contribution in [3.05, 3.63) is 0 Å². The van der Waals surface area contributed by atoms with Crippen LogP contribution in [0.25, 0.3) is 0 Å². The molecule has 2 unspecified atom stereocenters. The van der Waals surface area contributed by atoms with E-state index in [2.05, 4.69) is 31.0 Å². The molecule has 1 N–H and O–H groups in total. The summed E-state index contributed by atoms with van der Waals surface area (Å²) in [6, 6.07) is 0. The van der Waals surface area contributed by atoms with Gasteiger partial charge in [-0.1, -0.05) is 26.2 Å². The molecule has 100 valence electrons. The zero-order valence-electron chi connectivity index (χ0n) is 12.0. The second kappa shape index (κ2) is 5.71. The van der Waals surface area contributed by atoms with E-state index in [-0.39, 0.29) is 0 Å². The van der Waals surface area contributed by atoms with Crippen molar-refractivity contribution in [1.29, 1.82) is 0 Å². The smallest absolute Gasteiger partial charge is 0.0252 e. The van der Waals surface area contributed by atoms with E-state index in [0.29, 0.717) is 5.54 Å². The van der Waals surface area contributed by atoms with Gasteiger partial charge in [-0.3, -0.25) is 0 Å². The first-order valence-corrected chi connectivity index (χ1v) is 7.54. The van der Waals surface area contributed by atoms with Crippen LogP contribution in [0.2, 0.25) is 0 Å². The molecule has 0 bridgehead atoms. The Morgan fingerprint density at radius 2 is 1.94 bits per heavy atom. The molecular formula is C15H30N2. The van der Waals surface area contributed by atoms with Gasteiger partial charge in [0, 0.05) is 18.6 Å². The lowest BCUT2D eigenvalue weighted by molar-refractivity contribution is 0.146. The Hall–Kier alpha value is -0.0800. The number of hydrogen-bond donors (Lipinski definition) is 1. The summed E-state index contributed by atoms with van der Waals surface area (Å²) in [6.45, 7) is 12.2. The molecule has 2 fully saturated rings. The highest BCUT2D eigenvalue weighted by molar-refractivity contribution is 4.86. The fourth-order valence-corrected chi connectivity index (χ4v) is 3.58. The third kappa shape index (κ3) is 3.96. The van der Waals surface area contributed by atoms with Crippen LogP contribution in [0.1, 0.15) is 52.9 Å². The highest BCUT2D eigenvalue weighted by atomic mass is 15.2. The van der Waals surface area contributed by atoms with Crippen molar-refractivity contribution in [3.8, 4) is 0 Å². The minimum atomic E-state index is 0.300. The van der Waals surface area contributed by atoms with E-state index in [1.807, 2.05) is 0 Å². The van der Waals surface area contributed by atoms with E-state index in [4.69, 9.17) is 0 Å². The van der Waals surface area contributed by atoms with E-state index in [1.54, 1.807) is 0 Å². The molecule has 0 aromatic rings. The van der Waals surface area contributed by atoms with E-state index in [9.17, 15) is 0 Å². The summed E-state index contributed by atoms with van der Waals surface area (Å²) in [5.41, 5.74) is 0.300. The molecule has 2 rings (SSSR count). The minimum Gasteiger partial charge on any atom is -0.310 e. The fourth-order valence-electron chi connectivity index (χ4n) is 3.58. The van der Waals surface area contributed by atoms with Gasteiger partial charge in [-0.2, -0.15) is 0 Å². The molecular weight excluding hydrogens is 208 g/mol. The van der Waals surface area contributed by atoms with Crippen LogP contribution in [0, 0.1) is 11.8 Å². The van der Waals surface area contributed by atoms with Crippen LogP contribution in [0.15, 0.2) is 0 Å². The zero-order valence-corrected chi connectivity index (χ0v) is 12.0. The second-order valence-electron chi connectivity index (χ2n) is 6.92. The maximum Gasteiger partial charge on any atom is 0.0252 e. The molecule has 1 aliphatic heterocycles. The highest BCUT2D eigenvalue weighted by Gasteiger charge is 2.28. The Morgan fingerprint density at radius 1 is 1.18 bits per heavy atom. The van der Waals surface area contributed by atoms with Gasteiger partial charge in [-0.05, 0) is 51.6 Å². The Kier molecular flexibility index (Phi) is 4.48. The molecule has 1 saturated carbocycles. The molecule has 0 spiro atoms. The van der Waals surface area contributed by atoms with E-state index in [0.717, 1.165) is 11.8 Å². The van der Waals surface area contributed by atoms with Crippen molar-refractivity contribution < 1.29 is 0 Å². The van der Waals surface area contributed by atoms with Crippen LogP contribution in [-0.4, -0.2) is 36.6 Å². The summed E-state index contributed by atoms with van der Waals surface area (Å²) in [5, 5.41) is 3.66. The SMILES string of the molecule is CC1CCCCC1CN1CCCNC(C)(C)C1. The Balaban J connectivity index is 1.88. The van der Waals surface area contributed by atoms with Gasteiger partial charge in [-0.25, -0.2) is 0 Å². The molecule has 1 aliphatic carbocycles. The molecule has 2 atom stereocenters. The lowest BCUT2D eigenvalue weighted by Gasteiger charge is -2.36. The van der Waals surface area contributed by atoms with Crippen molar-refractivity contribution in [1.82, 2.24) is 10.2 Å². The van der Waals surface area contributed by atoms with Crippen molar-refractivity contribution in [2.24, 2.45) is 11.8 Å². The van der Waals surface area contributed by atoms with Crippen LogP contribution in [0.5, 0.6) is 0 Å². The standard InChI is InChI=1S/C15H30N2/c1-13-7-4-5-8-14(13)11-17-10-6-9-16-15(2,3)12-17/h13-14,16H,4-12H2,1-3H3. The van der Waals surface area contributed by atoms with Crippen LogP contribution in [-0.2, 0) is 0 Å². The number of nitrogens with one attached hydrogen (secondary N) is 1. The average molecular weight is 238 g/mol. The van der Waals surface area contributed by atoms with Gasteiger partial charge in [0.05, 0.1) is 0 Å². The predicted octanol–water partition coefficient (Wildman–Crippen LogP) is 2.89. The highest BCUT2D eigenvalue weighted by Crippen LogP contribution is 2.30. The molecule has 1 saturated heterocycles. The summed E-state index contributed by atoms with van der Waals surface area (Å²) in [4.78, 5) is 2.71. The Labute approximate surface area is 107 Å². The number of rotatable bonds is 2. The summed E-state index contributed by atoms with van der Waals surface area (Å²) in [5.74, 6) is 1.90. The van der Waals surface area contributed by atoms with Crippen molar-refractivity contribution >= 4 is 0 Å². The summed E-state index contributed by atoms with van der Waals surface area (Å²) in [6.07, 6.45) is 7.16. The van der Waals surface area contributed by atoms with Gasteiger partial charge in [-0.15, -0.1) is 0 Å². The molecule has 0 aromatic carbocycles. The largest absolute Gasteiger partial charge is 0.310 e. The van der Waals surface area contributed by atoms with Crippen molar-refractivity contribution in [2.75, 3.05) is 26.2 Å². The van der Waals surface area contributed by atoms with Crippen molar-refractivity contribution in [2.45, 2.75) is 58.4 Å². The quantitative estimate of drug-likeness (QED) is 0.796. The topological polar surface area (TPSA) is 15.3 Å². The van der Waals surface area contributed by atoms with Gasteiger partial charge in [0.25, 0.3) is 0 Å². The molecule has 1 heterocycles. The molecule has 0 amide bonds. The molecule has 2 heteroatoms. The van der Waals surface area contributed by atoms with Gasteiger partial charge in [0.1, 0.15) is 0 Å². The maximum absolute atomic E-state index is 3.66. The van der Waals surface area contributed by atoms with E-state index >= 15 is 0 Å². The molecule has 0 radical (unpaired) electrons. The number of nitrogens with zero attached hydrogens (tertiary/aromatic N) is 1. The minimum absolute atomic E-state index is 0.300. The normalized spacial score (nSPS) is 35.5. The maximum atomic E-state index is 3.66. The first-order valence-electron chi connectivity index (χ1n) is 7.54. The van der Waals surface area contributed by atoms with Crippen LogP contribution in [0.4, 0.5) is 0 Å². The summed E-state index contributed by atoms with van der Waals surface area (Å²) in [7, 11) is 0. The average Bonchev–Trinajstić information content (AvgIpc) is 2.43. The van der Waals surface area contributed by atoms with E-state index in [1.165, 1.54) is 58.3 Å². The third-order valence-electron chi connectivity index (χ3n) is 4.66. The van der Waals surface area contributed by atoms with Crippen LogP contribution < -0.4 is 5.32 Å². The lowest BCUT2D eigenvalue weighted by Crippen LogP contribution is -2.47. The summed E-state index contributed by atoms with van der Waals surface area (Å²) >= 11 is 0. The van der Waals surface area contributed by atoms with Crippen LogP contribution in [0.3, 0.4) is 0 Å². The third-order valence-corrected chi connectivity index (χ3v) is 4.66. The first-order chi connectivity index (χ1) is 8.07. The molecule has 2 nitrogen and oxygen atoms in total. The molecule has 2 aliphatic rings. The summed E-state index contributed by atoms with van der Waals surface area (Å²) < 4.78 is 0. The Bertz CT molecular complexity index is 237. The van der Waals surface area contributed by atoms with Crippen LogP contribution >= 0.6 is 0 Å². The zero-order chi connectivity index (χ0) is 12.3. The number of hydrogen-bond acceptors (Lipinski definition) is 2.